The van der Waals surface area contributed by atoms with Crippen molar-refractivity contribution in [1.82, 2.24) is 4.90 Å². The topological polar surface area (TPSA) is 29.5 Å². The Kier molecular flexibility index (Phi) is 9.46. The summed E-state index contributed by atoms with van der Waals surface area (Å²) < 4.78 is 5.24. The quantitative estimate of drug-likeness (QED) is 0.558. The van der Waals surface area contributed by atoms with Gasteiger partial charge in [0.25, 0.3) is 0 Å². The minimum Gasteiger partial charge on any atom is -0.462 e. The first-order valence-electron chi connectivity index (χ1n) is 6.28. The normalized spacial score (nSPS) is 16.0. The number of carbonyl (C=O) groups is 1. The minimum absolute atomic E-state index is 0. The Morgan fingerprint density at radius 2 is 2.18 bits per heavy atom. The molecule has 0 atom stereocenters. The molecule has 0 fully saturated rings. The van der Waals surface area contributed by atoms with Gasteiger partial charge in [-0.25, -0.2) is 4.79 Å². The van der Waals surface area contributed by atoms with E-state index >= 15 is 0 Å². The molecule has 0 aromatic rings. The van der Waals surface area contributed by atoms with Crippen LogP contribution in [0.1, 0.15) is 39.0 Å². The van der Waals surface area contributed by atoms with E-state index in [-0.39, 0.29) is 23.0 Å². The number of likely N-dealkylation sites (N-methyl/N-ethyl adjacent to an activating group) is 1. The van der Waals surface area contributed by atoms with Crippen LogP contribution in [0.3, 0.4) is 0 Å². The molecule has 1 heterocycles. The molecule has 1 aliphatic heterocycles. The Hall–Kier alpha value is -0.350. The second kappa shape index (κ2) is 9.66. The van der Waals surface area contributed by atoms with Crippen molar-refractivity contribution >= 4 is 23.0 Å². The van der Waals surface area contributed by atoms with E-state index in [0.29, 0.717) is 6.61 Å². The molecule has 0 aliphatic carbocycles. The molecule has 0 amide bonds. The minimum atomic E-state index is -0.122. The fraction of sp³-hybridized carbons (Fsp3) is 0.769. The van der Waals surface area contributed by atoms with E-state index in [1.807, 2.05) is 13.1 Å². The van der Waals surface area contributed by atoms with Crippen LogP contribution >= 0.6 is 17.0 Å². The first kappa shape index (κ1) is 16.6. The Morgan fingerprint density at radius 3 is 2.82 bits per heavy atom. The summed E-state index contributed by atoms with van der Waals surface area (Å²) in [4.78, 5) is 13.8. The van der Waals surface area contributed by atoms with E-state index in [4.69, 9.17) is 4.74 Å². The lowest BCUT2D eigenvalue weighted by atomic mass is 10.1. The number of hydrogen-bond acceptors (Lipinski definition) is 3. The molecule has 1 aliphatic rings. The van der Waals surface area contributed by atoms with Gasteiger partial charge in [-0.3, -0.25) is 0 Å². The van der Waals surface area contributed by atoms with Gasteiger partial charge < -0.3 is 9.64 Å². The van der Waals surface area contributed by atoms with Gasteiger partial charge in [0.05, 0.1) is 6.61 Å². The Morgan fingerprint density at radius 1 is 1.41 bits per heavy atom. The van der Waals surface area contributed by atoms with Crippen molar-refractivity contribution in [3.05, 3.63) is 11.6 Å². The lowest BCUT2D eigenvalue weighted by molar-refractivity contribution is -0.139. The van der Waals surface area contributed by atoms with Gasteiger partial charge in [-0.15, -0.1) is 17.0 Å². The van der Waals surface area contributed by atoms with E-state index in [1.165, 1.54) is 12.8 Å². The summed E-state index contributed by atoms with van der Waals surface area (Å²) in [5.74, 6) is -0.122. The van der Waals surface area contributed by atoms with Crippen molar-refractivity contribution in [3.63, 3.8) is 0 Å². The number of unbranched alkanes of at least 4 members (excludes halogenated alkanes) is 3. The molecule has 100 valence electrons. The van der Waals surface area contributed by atoms with Gasteiger partial charge in [-0.1, -0.05) is 32.3 Å². The SMILES string of the molecule is Br.CCCCCCOC(=O)C1=CCCN(C)C1. The molecule has 3 nitrogen and oxygen atoms in total. The van der Waals surface area contributed by atoms with Crippen LogP contribution in [0.25, 0.3) is 0 Å². The summed E-state index contributed by atoms with van der Waals surface area (Å²) in [6, 6.07) is 0. The van der Waals surface area contributed by atoms with Gasteiger partial charge in [-0.2, -0.15) is 0 Å². The van der Waals surface area contributed by atoms with E-state index < -0.39 is 0 Å². The largest absolute Gasteiger partial charge is 0.462 e. The molecule has 0 saturated carbocycles. The van der Waals surface area contributed by atoms with Crippen LogP contribution in [0.15, 0.2) is 11.6 Å². The number of esters is 1. The van der Waals surface area contributed by atoms with E-state index in [0.717, 1.165) is 37.9 Å². The number of nitrogens with zero attached hydrogens (tertiary/aromatic N) is 1. The Balaban J connectivity index is 0.00000256. The number of hydrogen-bond donors (Lipinski definition) is 0. The van der Waals surface area contributed by atoms with Crippen molar-refractivity contribution < 1.29 is 9.53 Å². The molecular formula is C13H24BrNO2. The highest BCUT2D eigenvalue weighted by molar-refractivity contribution is 8.93. The van der Waals surface area contributed by atoms with Gasteiger partial charge in [0.1, 0.15) is 0 Å². The van der Waals surface area contributed by atoms with Gasteiger partial charge in [0.15, 0.2) is 0 Å². The molecule has 0 N–H and O–H groups in total. The summed E-state index contributed by atoms with van der Waals surface area (Å²) in [7, 11) is 2.03. The maximum atomic E-state index is 11.7. The summed E-state index contributed by atoms with van der Waals surface area (Å²) in [6.45, 7) is 4.51. The van der Waals surface area contributed by atoms with Crippen LogP contribution in [-0.4, -0.2) is 37.6 Å². The summed E-state index contributed by atoms with van der Waals surface area (Å²) >= 11 is 0. The maximum Gasteiger partial charge on any atom is 0.334 e. The Labute approximate surface area is 115 Å². The second-order valence-corrected chi connectivity index (χ2v) is 4.45. The van der Waals surface area contributed by atoms with Gasteiger partial charge in [0, 0.05) is 18.7 Å². The zero-order valence-electron chi connectivity index (χ0n) is 10.9. The molecule has 4 heteroatoms. The summed E-state index contributed by atoms with van der Waals surface area (Å²) in [5.41, 5.74) is 0.823. The van der Waals surface area contributed by atoms with Crippen LogP contribution < -0.4 is 0 Å². The Bertz CT molecular complexity index is 254. The fourth-order valence-electron chi connectivity index (χ4n) is 1.83. The number of ether oxygens (including phenoxy) is 1. The third-order valence-electron chi connectivity index (χ3n) is 2.84. The number of rotatable bonds is 6. The fourth-order valence-corrected chi connectivity index (χ4v) is 1.83. The lowest BCUT2D eigenvalue weighted by Crippen LogP contribution is -2.29. The summed E-state index contributed by atoms with van der Waals surface area (Å²) in [5, 5.41) is 0. The standard InChI is InChI=1S/C13H23NO2.BrH/c1-3-4-5-6-10-16-13(15)12-8-7-9-14(2)11-12;/h8H,3-7,9-11H2,1-2H3;1H. The average Bonchev–Trinajstić information content (AvgIpc) is 2.28. The third kappa shape index (κ3) is 6.84. The molecule has 0 unspecified atom stereocenters. The predicted molar refractivity (Wildman–Crippen MR) is 75.6 cm³/mol. The van der Waals surface area contributed by atoms with Gasteiger partial charge in [-0.05, 0) is 19.9 Å². The number of carbonyl (C=O) groups excluding carboxylic acids is 1. The van der Waals surface area contributed by atoms with Crippen LogP contribution in [0.5, 0.6) is 0 Å². The zero-order chi connectivity index (χ0) is 11.8. The number of halogens is 1. The van der Waals surface area contributed by atoms with Crippen LogP contribution in [0, 0.1) is 0 Å². The molecule has 0 saturated heterocycles. The van der Waals surface area contributed by atoms with Crippen molar-refractivity contribution in [1.29, 1.82) is 0 Å². The molecule has 0 aromatic carbocycles. The average molecular weight is 306 g/mol. The first-order valence-corrected chi connectivity index (χ1v) is 6.28. The van der Waals surface area contributed by atoms with Gasteiger partial charge >= 0.3 is 5.97 Å². The molecule has 0 spiro atoms. The second-order valence-electron chi connectivity index (χ2n) is 4.45. The first-order chi connectivity index (χ1) is 7.74. The highest BCUT2D eigenvalue weighted by atomic mass is 79.9. The third-order valence-corrected chi connectivity index (χ3v) is 2.84. The lowest BCUT2D eigenvalue weighted by Gasteiger charge is -2.21. The smallest absolute Gasteiger partial charge is 0.334 e. The predicted octanol–water partition coefficient (Wildman–Crippen LogP) is 2.95. The van der Waals surface area contributed by atoms with Crippen molar-refractivity contribution in [2.24, 2.45) is 0 Å². The van der Waals surface area contributed by atoms with Crippen molar-refractivity contribution in [3.8, 4) is 0 Å². The van der Waals surface area contributed by atoms with E-state index in [2.05, 4.69) is 11.8 Å². The molecule has 0 aromatic heterocycles. The highest BCUT2D eigenvalue weighted by Gasteiger charge is 2.16. The zero-order valence-corrected chi connectivity index (χ0v) is 12.6. The van der Waals surface area contributed by atoms with Crippen LogP contribution in [-0.2, 0) is 9.53 Å². The molecule has 0 radical (unpaired) electrons. The van der Waals surface area contributed by atoms with E-state index in [9.17, 15) is 4.79 Å². The van der Waals surface area contributed by atoms with Crippen molar-refractivity contribution in [2.75, 3.05) is 26.7 Å². The van der Waals surface area contributed by atoms with Gasteiger partial charge in [0.2, 0.25) is 0 Å². The summed E-state index contributed by atoms with van der Waals surface area (Å²) in [6.07, 6.45) is 7.55. The van der Waals surface area contributed by atoms with Crippen LogP contribution in [0.4, 0.5) is 0 Å². The highest BCUT2D eigenvalue weighted by Crippen LogP contribution is 2.09. The molecule has 0 bridgehead atoms. The van der Waals surface area contributed by atoms with E-state index in [1.54, 1.807) is 0 Å². The molecular weight excluding hydrogens is 282 g/mol. The van der Waals surface area contributed by atoms with Crippen molar-refractivity contribution in [2.45, 2.75) is 39.0 Å². The maximum absolute atomic E-state index is 11.7. The monoisotopic (exact) mass is 305 g/mol. The van der Waals surface area contributed by atoms with Crippen LogP contribution in [0.2, 0.25) is 0 Å². The molecule has 1 rings (SSSR count). The molecule has 17 heavy (non-hydrogen) atoms.